The molecule has 0 unspecified atom stereocenters. The Morgan fingerprint density at radius 3 is 2.91 bits per heavy atom. The smallest absolute Gasteiger partial charge is 0.144 e. The summed E-state index contributed by atoms with van der Waals surface area (Å²) in [6.45, 7) is 0. The van der Waals surface area contributed by atoms with Crippen LogP contribution in [0.15, 0.2) is 53.5 Å². The first kappa shape index (κ1) is 14.0. The van der Waals surface area contributed by atoms with E-state index in [2.05, 4.69) is 41.3 Å². The minimum absolute atomic E-state index is 0.755. The van der Waals surface area contributed by atoms with Crippen LogP contribution in [0.25, 0.3) is 22.3 Å². The van der Waals surface area contributed by atoms with Gasteiger partial charge >= 0.3 is 0 Å². The first-order valence-electron chi connectivity index (χ1n) is 7.05. The predicted molar refractivity (Wildman–Crippen MR) is 93.5 cm³/mol. The van der Waals surface area contributed by atoms with Crippen LogP contribution in [0.2, 0.25) is 0 Å². The molecule has 4 aromatic rings. The molecule has 4 rings (SSSR count). The number of benzene rings is 1. The summed E-state index contributed by atoms with van der Waals surface area (Å²) < 4.78 is 2.84. The highest BCUT2D eigenvalue weighted by Crippen LogP contribution is 2.33. The Kier molecular flexibility index (Phi) is 3.34. The maximum atomic E-state index is 4.42. The molecule has 0 saturated heterocycles. The highest BCUT2D eigenvalue weighted by atomic mass is 79.9. The number of anilines is 2. The van der Waals surface area contributed by atoms with Gasteiger partial charge in [-0.15, -0.1) is 0 Å². The Morgan fingerprint density at radius 1 is 1.22 bits per heavy atom. The topological polar surface area (TPSA) is 71.4 Å². The van der Waals surface area contributed by atoms with Gasteiger partial charge in [-0.2, -0.15) is 5.10 Å². The average Bonchev–Trinajstić information content (AvgIpc) is 3.13. The molecule has 0 aliphatic rings. The van der Waals surface area contributed by atoms with Crippen LogP contribution >= 0.6 is 15.9 Å². The van der Waals surface area contributed by atoms with E-state index in [0.29, 0.717) is 0 Å². The maximum absolute atomic E-state index is 4.42. The molecule has 0 aliphatic carbocycles. The van der Waals surface area contributed by atoms with E-state index in [-0.39, 0.29) is 0 Å². The van der Waals surface area contributed by atoms with Crippen LogP contribution in [-0.4, -0.2) is 24.7 Å². The summed E-state index contributed by atoms with van der Waals surface area (Å²) in [5.74, 6) is 0.755. The van der Waals surface area contributed by atoms with Crippen molar-refractivity contribution < 1.29 is 0 Å². The molecular weight excluding hydrogens is 356 g/mol. The fraction of sp³-hybridized carbons (Fsp3) is 0.0625. The molecule has 23 heavy (non-hydrogen) atoms. The average molecular weight is 369 g/mol. The summed E-state index contributed by atoms with van der Waals surface area (Å²) in [6, 6.07) is 9.93. The lowest BCUT2D eigenvalue weighted by atomic mass is 10.1. The SMILES string of the molecule is Cn1nccc1-c1c[nH]c2ncnc(Nc3cccc(Br)c3)c12. The van der Waals surface area contributed by atoms with Gasteiger partial charge in [-0.25, -0.2) is 9.97 Å². The van der Waals surface area contributed by atoms with Gasteiger partial charge < -0.3 is 10.3 Å². The van der Waals surface area contributed by atoms with Crippen molar-refractivity contribution in [2.45, 2.75) is 0 Å². The van der Waals surface area contributed by atoms with Gasteiger partial charge in [0.25, 0.3) is 0 Å². The fourth-order valence-corrected chi connectivity index (χ4v) is 3.00. The quantitative estimate of drug-likeness (QED) is 0.575. The second-order valence-corrected chi connectivity index (χ2v) is 6.04. The van der Waals surface area contributed by atoms with Gasteiger partial charge in [0, 0.05) is 35.2 Å². The molecule has 3 aromatic heterocycles. The lowest BCUT2D eigenvalue weighted by Crippen LogP contribution is -1.97. The molecule has 3 heterocycles. The number of halogens is 1. The van der Waals surface area contributed by atoms with Gasteiger partial charge in [0.1, 0.15) is 17.8 Å². The molecule has 0 radical (unpaired) electrons. The Hall–Kier alpha value is -2.67. The molecule has 114 valence electrons. The summed E-state index contributed by atoms with van der Waals surface area (Å²) >= 11 is 3.48. The zero-order valence-electron chi connectivity index (χ0n) is 12.3. The molecule has 0 atom stereocenters. The monoisotopic (exact) mass is 368 g/mol. The van der Waals surface area contributed by atoms with Gasteiger partial charge in [-0.1, -0.05) is 22.0 Å². The number of hydrogen-bond donors (Lipinski definition) is 2. The van der Waals surface area contributed by atoms with Crippen LogP contribution < -0.4 is 5.32 Å². The molecular formula is C16H13BrN6. The summed E-state index contributed by atoms with van der Waals surface area (Å²) in [6.07, 6.45) is 5.26. The van der Waals surface area contributed by atoms with E-state index < -0.39 is 0 Å². The highest BCUT2D eigenvalue weighted by Gasteiger charge is 2.15. The Labute approximate surface area is 140 Å². The van der Waals surface area contributed by atoms with E-state index in [1.54, 1.807) is 12.5 Å². The van der Waals surface area contributed by atoms with E-state index in [4.69, 9.17) is 0 Å². The van der Waals surface area contributed by atoms with Crippen LogP contribution in [0.5, 0.6) is 0 Å². The molecule has 0 amide bonds. The van der Waals surface area contributed by atoms with E-state index >= 15 is 0 Å². The zero-order valence-corrected chi connectivity index (χ0v) is 13.9. The predicted octanol–water partition coefficient (Wildman–Crippen LogP) is 3.86. The number of aryl methyl sites for hydroxylation is 1. The van der Waals surface area contributed by atoms with Crippen molar-refractivity contribution in [3.63, 3.8) is 0 Å². The van der Waals surface area contributed by atoms with Crippen molar-refractivity contribution in [2.24, 2.45) is 7.05 Å². The summed E-state index contributed by atoms with van der Waals surface area (Å²) in [7, 11) is 1.92. The van der Waals surface area contributed by atoms with Crippen molar-refractivity contribution in [3.8, 4) is 11.3 Å². The fourth-order valence-electron chi connectivity index (χ4n) is 2.60. The van der Waals surface area contributed by atoms with Crippen molar-refractivity contribution in [1.82, 2.24) is 24.7 Å². The molecule has 2 N–H and O–H groups in total. The Bertz CT molecular complexity index is 987. The van der Waals surface area contributed by atoms with Gasteiger partial charge in [-0.3, -0.25) is 4.68 Å². The number of H-pyrrole nitrogens is 1. The van der Waals surface area contributed by atoms with Crippen LogP contribution in [0.1, 0.15) is 0 Å². The summed E-state index contributed by atoms with van der Waals surface area (Å²) in [5, 5.41) is 8.55. The van der Waals surface area contributed by atoms with Gasteiger partial charge in [0.05, 0.1) is 11.1 Å². The molecule has 0 aliphatic heterocycles. The molecule has 0 fully saturated rings. The van der Waals surface area contributed by atoms with Crippen molar-refractivity contribution >= 4 is 38.5 Å². The van der Waals surface area contributed by atoms with Crippen molar-refractivity contribution in [2.75, 3.05) is 5.32 Å². The molecule has 0 spiro atoms. The van der Waals surface area contributed by atoms with Crippen molar-refractivity contribution in [1.29, 1.82) is 0 Å². The lowest BCUT2D eigenvalue weighted by Gasteiger charge is -2.08. The molecule has 0 saturated carbocycles. The van der Waals surface area contributed by atoms with E-state index in [0.717, 1.165) is 38.3 Å². The van der Waals surface area contributed by atoms with Crippen LogP contribution in [0.3, 0.4) is 0 Å². The zero-order chi connectivity index (χ0) is 15.8. The maximum Gasteiger partial charge on any atom is 0.144 e. The molecule has 7 heteroatoms. The van der Waals surface area contributed by atoms with Crippen LogP contribution in [0.4, 0.5) is 11.5 Å². The van der Waals surface area contributed by atoms with Crippen LogP contribution in [-0.2, 0) is 7.05 Å². The number of aromatic amines is 1. The molecule has 6 nitrogen and oxygen atoms in total. The second kappa shape index (κ2) is 5.51. The first-order valence-corrected chi connectivity index (χ1v) is 7.85. The molecule has 0 bridgehead atoms. The van der Waals surface area contributed by atoms with Gasteiger partial charge in [0.15, 0.2) is 0 Å². The van der Waals surface area contributed by atoms with Gasteiger partial charge in [0.2, 0.25) is 0 Å². The number of hydrogen-bond acceptors (Lipinski definition) is 4. The van der Waals surface area contributed by atoms with Crippen LogP contribution in [0, 0.1) is 0 Å². The minimum atomic E-state index is 0.755. The highest BCUT2D eigenvalue weighted by molar-refractivity contribution is 9.10. The third kappa shape index (κ3) is 2.49. The van der Waals surface area contributed by atoms with Gasteiger partial charge in [-0.05, 0) is 24.3 Å². The molecule has 1 aromatic carbocycles. The number of fused-ring (bicyclic) bond motifs is 1. The van der Waals surface area contributed by atoms with E-state index in [9.17, 15) is 0 Å². The third-order valence-electron chi connectivity index (χ3n) is 3.65. The number of aromatic nitrogens is 5. The van der Waals surface area contributed by atoms with E-state index in [1.807, 2.05) is 48.3 Å². The number of nitrogens with zero attached hydrogens (tertiary/aromatic N) is 4. The Morgan fingerprint density at radius 2 is 2.13 bits per heavy atom. The Balaban J connectivity index is 1.87. The minimum Gasteiger partial charge on any atom is -0.345 e. The standard InChI is InChI=1S/C16H13BrN6/c1-23-13(5-6-21-23)12-8-18-15-14(12)16(20-9-19-15)22-11-4-2-3-10(17)7-11/h2-9H,1H3,(H2,18,19,20,22). The summed E-state index contributed by atoms with van der Waals surface area (Å²) in [4.78, 5) is 11.9. The van der Waals surface area contributed by atoms with Crippen molar-refractivity contribution in [3.05, 3.63) is 53.5 Å². The largest absolute Gasteiger partial charge is 0.345 e. The second-order valence-electron chi connectivity index (χ2n) is 5.12. The number of nitrogens with one attached hydrogen (secondary N) is 2. The van der Waals surface area contributed by atoms with E-state index in [1.165, 1.54) is 0 Å². The normalized spacial score (nSPS) is 11.0. The summed E-state index contributed by atoms with van der Waals surface area (Å²) in [5.41, 5.74) is 3.76. The lowest BCUT2D eigenvalue weighted by molar-refractivity contribution is 0.776. The first-order chi connectivity index (χ1) is 11.2. The third-order valence-corrected chi connectivity index (χ3v) is 4.15. The number of rotatable bonds is 3.